The molecule has 2 amide bonds. The van der Waals surface area contributed by atoms with Gasteiger partial charge in [-0.3, -0.25) is 14.6 Å². The number of rotatable bonds is 4. The number of aliphatic imine (C=N–C) groups is 1. The minimum absolute atomic E-state index is 0.0154. The van der Waals surface area contributed by atoms with Crippen LogP contribution in [0, 0.1) is 17.8 Å². The number of amides is 2. The number of hydrogen-bond donors (Lipinski definition) is 2. The van der Waals surface area contributed by atoms with Gasteiger partial charge >= 0.3 is 0 Å². The van der Waals surface area contributed by atoms with Gasteiger partial charge in [0.15, 0.2) is 5.17 Å². The molecule has 2 N–H and O–H groups in total. The first-order valence-corrected chi connectivity index (χ1v) is 11.8. The zero-order chi connectivity index (χ0) is 20.2. The highest BCUT2D eigenvalue weighted by Crippen LogP contribution is 2.57. The lowest BCUT2D eigenvalue weighted by Crippen LogP contribution is -2.50. The predicted molar refractivity (Wildman–Crippen MR) is 118 cm³/mol. The van der Waals surface area contributed by atoms with Crippen molar-refractivity contribution in [3.63, 3.8) is 0 Å². The molecule has 1 aromatic rings. The number of hydrogen-bond acceptors (Lipinski definition) is 4. The lowest BCUT2D eigenvalue weighted by atomic mass is 9.53. The van der Waals surface area contributed by atoms with Gasteiger partial charge in [0.1, 0.15) is 5.25 Å². The van der Waals surface area contributed by atoms with Crippen LogP contribution in [-0.4, -0.2) is 27.8 Å². The Hall–Kier alpha value is -1.24. The predicted octanol–water partition coefficient (Wildman–Crippen LogP) is 4.88. The average Bonchev–Trinajstić information content (AvgIpc) is 2.95. The normalized spacial score (nSPS) is 36.5. The maximum atomic E-state index is 12.4. The van der Waals surface area contributed by atoms with Crippen LogP contribution in [0.25, 0.3) is 0 Å². The highest BCUT2D eigenvalue weighted by Gasteiger charge is 2.51. The summed E-state index contributed by atoms with van der Waals surface area (Å²) in [5.41, 5.74) is 0.581. The first kappa shape index (κ1) is 19.7. The summed E-state index contributed by atoms with van der Waals surface area (Å²) >= 11 is 13.3. The summed E-state index contributed by atoms with van der Waals surface area (Å²) in [7, 11) is 0. The van der Waals surface area contributed by atoms with E-state index in [2.05, 4.69) is 10.6 Å². The van der Waals surface area contributed by atoms with Gasteiger partial charge in [-0.2, -0.15) is 0 Å². The zero-order valence-corrected chi connectivity index (χ0v) is 18.2. The van der Waals surface area contributed by atoms with E-state index in [1.807, 2.05) is 0 Å². The molecule has 1 atom stereocenters. The summed E-state index contributed by atoms with van der Waals surface area (Å²) in [5.74, 6) is 2.05. The molecule has 154 valence electrons. The van der Waals surface area contributed by atoms with Crippen LogP contribution in [0.5, 0.6) is 0 Å². The SMILES string of the molecule is O=C(CC1SC(=NC23CC4CC(CC(C4)C2)C3)NC1=O)Nc1ccc(Cl)c(Cl)c1. The van der Waals surface area contributed by atoms with E-state index >= 15 is 0 Å². The number of nitrogens with one attached hydrogen (secondary N) is 2. The number of amidine groups is 1. The molecular weight excluding hydrogens is 429 g/mol. The quantitative estimate of drug-likeness (QED) is 0.684. The Morgan fingerprint density at radius 2 is 1.79 bits per heavy atom. The molecule has 1 unspecified atom stereocenters. The molecule has 5 fully saturated rings. The minimum Gasteiger partial charge on any atom is -0.326 e. The van der Waals surface area contributed by atoms with Crippen molar-refractivity contribution in [1.29, 1.82) is 0 Å². The van der Waals surface area contributed by atoms with Crippen LogP contribution in [0.4, 0.5) is 5.69 Å². The Labute approximate surface area is 184 Å². The van der Waals surface area contributed by atoms with Gasteiger partial charge in [0.2, 0.25) is 11.8 Å². The van der Waals surface area contributed by atoms with Crippen molar-refractivity contribution in [3.8, 4) is 0 Å². The molecule has 0 spiro atoms. The Balaban J connectivity index is 1.23. The molecule has 0 aromatic heterocycles. The van der Waals surface area contributed by atoms with Crippen LogP contribution in [0.3, 0.4) is 0 Å². The standard InChI is InChI=1S/C21H23Cl2N3O2S/c22-15-2-1-14(6-16(15)23)24-18(27)7-17-19(28)25-20(29-17)26-21-8-11-3-12(9-21)5-13(4-11)10-21/h1-2,6,11-13,17H,3-5,7-10H2,(H,24,27)(H,25,26,28). The molecule has 5 nitrogen and oxygen atoms in total. The van der Waals surface area contributed by atoms with Crippen molar-refractivity contribution in [2.24, 2.45) is 22.7 Å². The second-order valence-electron chi connectivity index (χ2n) is 9.04. The number of anilines is 1. The second kappa shape index (κ2) is 7.47. The molecule has 0 radical (unpaired) electrons. The smallest absolute Gasteiger partial charge is 0.240 e. The van der Waals surface area contributed by atoms with Gasteiger partial charge in [-0.05, 0) is 74.5 Å². The summed E-state index contributed by atoms with van der Waals surface area (Å²) in [5, 5.41) is 6.76. The molecule has 4 saturated carbocycles. The molecule has 1 heterocycles. The number of halogens is 2. The van der Waals surface area contributed by atoms with Gasteiger partial charge in [0, 0.05) is 12.1 Å². The third-order valence-corrected chi connectivity index (χ3v) is 8.52. The van der Waals surface area contributed by atoms with Crippen LogP contribution in [0.2, 0.25) is 10.0 Å². The largest absolute Gasteiger partial charge is 0.326 e. The molecule has 1 saturated heterocycles. The van der Waals surface area contributed by atoms with E-state index in [4.69, 9.17) is 28.2 Å². The first-order valence-electron chi connectivity index (χ1n) is 10.2. The number of thioether (sulfide) groups is 1. The van der Waals surface area contributed by atoms with Crippen LogP contribution in [-0.2, 0) is 9.59 Å². The average molecular weight is 452 g/mol. The van der Waals surface area contributed by atoms with E-state index in [1.165, 1.54) is 31.0 Å². The summed E-state index contributed by atoms with van der Waals surface area (Å²) in [4.78, 5) is 29.9. The van der Waals surface area contributed by atoms with Crippen molar-refractivity contribution in [2.75, 3.05) is 5.32 Å². The van der Waals surface area contributed by atoms with Crippen LogP contribution >= 0.6 is 35.0 Å². The monoisotopic (exact) mass is 451 g/mol. The lowest BCUT2D eigenvalue weighted by Gasteiger charge is -2.55. The summed E-state index contributed by atoms with van der Waals surface area (Å²) < 4.78 is 0. The zero-order valence-electron chi connectivity index (χ0n) is 15.9. The fourth-order valence-corrected chi connectivity index (χ4v) is 7.34. The Morgan fingerprint density at radius 1 is 1.14 bits per heavy atom. The van der Waals surface area contributed by atoms with Crippen LogP contribution < -0.4 is 10.6 Å². The Morgan fingerprint density at radius 3 is 2.41 bits per heavy atom. The Kier molecular flexibility index (Phi) is 5.08. The molecule has 1 aliphatic heterocycles. The number of benzene rings is 1. The first-order chi connectivity index (χ1) is 13.9. The van der Waals surface area contributed by atoms with Crippen LogP contribution in [0.1, 0.15) is 44.9 Å². The van der Waals surface area contributed by atoms with Gasteiger partial charge in [-0.25, -0.2) is 0 Å². The topological polar surface area (TPSA) is 70.6 Å². The Bertz CT molecular complexity index is 869. The molecule has 1 aromatic carbocycles. The fraction of sp³-hybridized carbons (Fsp3) is 0.571. The van der Waals surface area contributed by atoms with Gasteiger partial charge in [0.25, 0.3) is 0 Å². The minimum atomic E-state index is -0.453. The maximum Gasteiger partial charge on any atom is 0.240 e. The summed E-state index contributed by atoms with van der Waals surface area (Å²) in [6.45, 7) is 0. The molecule has 29 heavy (non-hydrogen) atoms. The van der Waals surface area contributed by atoms with Gasteiger partial charge in [0.05, 0.1) is 15.6 Å². The number of nitrogens with zero attached hydrogens (tertiary/aromatic N) is 1. The van der Waals surface area contributed by atoms with E-state index in [1.54, 1.807) is 18.2 Å². The highest BCUT2D eigenvalue weighted by molar-refractivity contribution is 8.15. The third kappa shape index (κ3) is 4.04. The number of carbonyl (C=O) groups excluding carboxylic acids is 2. The third-order valence-electron chi connectivity index (χ3n) is 6.70. The van der Waals surface area contributed by atoms with Crippen molar-refractivity contribution in [1.82, 2.24) is 5.32 Å². The van der Waals surface area contributed by atoms with E-state index in [9.17, 15) is 9.59 Å². The maximum absolute atomic E-state index is 12.4. The molecule has 5 aliphatic rings. The molecule has 4 bridgehead atoms. The van der Waals surface area contributed by atoms with Gasteiger partial charge in [-0.1, -0.05) is 35.0 Å². The van der Waals surface area contributed by atoms with E-state index in [0.29, 0.717) is 20.9 Å². The van der Waals surface area contributed by atoms with Gasteiger partial charge < -0.3 is 10.6 Å². The molecule has 6 rings (SSSR count). The van der Waals surface area contributed by atoms with Crippen molar-refractivity contribution in [3.05, 3.63) is 28.2 Å². The fourth-order valence-electron chi connectivity index (χ4n) is 5.96. The summed E-state index contributed by atoms with van der Waals surface area (Å²) in [6.07, 6.45) is 7.64. The second-order valence-corrected chi connectivity index (χ2v) is 11.0. The molecular formula is C21H23Cl2N3O2S. The van der Waals surface area contributed by atoms with Crippen molar-refractivity contribution in [2.45, 2.75) is 55.7 Å². The summed E-state index contributed by atoms with van der Waals surface area (Å²) in [6, 6.07) is 4.92. The van der Waals surface area contributed by atoms with E-state index in [0.717, 1.165) is 37.0 Å². The molecule has 4 aliphatic carbocycles. The van der Waals surface area contributed by atoms with Crippen LogP contribution in [0.15, 0.2) is 23.2 Å². The van der Waals surface area contributed by atoms with E-state index in [-0.39, 0.29) is 23.8 Å². The van der Waals surface area contributed by atoms with Crippen molar-refractivity contribution >= 4 is 57.6 Å². The van der Waals surface area contributed by atoms with Crippen molar-refractivity contribution < 1.29 is 9.59 Å². The highest BCUT2D eigenvalue weighted by atomic mass is 35.5. The van der Waals surface area contributed by atoms with Gasteiger partial charge in [-0.15, -0.1) is 0 Å². The molecule has 8 heteroatoms. The lowest BCUT2D eigenvalue weighted by molar-refractivity contribution is -0.122. The van der Waals surface area contributed by atoms with E-state index < -0.39 is 5.25 Å². The number of carbonyl (C=O) groups is 2.